The molecule has 0 radical (unpaired) electrons. The van der Waals surface area contributed by atoms with E-state index in [1.54, 1.807) is 15.9 Å². The number of amides is 2. The third kappa shape index (κ3) is 2.63. The number of nitrogens with zero attached hydrogens (tertiary/aromatic N) is 2. The predicted octanol–water partition coefficient (Wildman–Crippen LogP) is 1.13. The molecule has 3 rings (SSSR count). The topological polar surface area (TPSA) is 66.6 Å². The van der Waals surface area contributed by atoms with Crippen LogP contribution in [0.4, 0.5) is 10.1 Å². The van der Waals surface area contributed by atoms with Crippen LogP contribution >= 0.6 is 0 Å². The first kappa shape index (κ1) is 14.0. The number of benzene rings is 1. The maximum Gasteiger partial charge on any atom is 0.256 e. The molecule has 2 aliphatic heterocycles. The fraction of sp³-hybridized carbons (Fsp3) is 0.467. The van der Waals surface area contributed by atoms with Gasteiger partial charge in [0.2, 0.25) is 5.91 Å². The highest BCUT2D eigenvalue weighted by Gasteiger charge is 2.28. The summed E-state index contributed by atoms with van der Waals surface area (Å²) in [6, 6.07) is 4.24. The Labute approximate surface area is 122 Å². The third-order valence-electron chi connectivity index (χ3n) is 4.08. The first-order valence-corrected chi connectivity index (χ1v) is 7.21. The van der Waals surface area contributed by atoms with E-state index in [-0.39, 0.29) is 23.4 Å². The van der Waals surface area contributed by atoms with Crippen LogP contribution in [0.3, 0.4) is 0 Å². The van der Waals surface area contributed by atoms with E-state index in [0.29, 0.717) is 31.7 Å². The summed E-state index contributed by atoms with van der Waals surface area (Å²) in [5, 5.41) is 0. The van der Waals surface area contributed by atoms with Crippen LogP contribution in [-0.4, -0.2) is 42.4 Å². The van der Waals surface area contributed by atoms with Crippen LogP contribution < -0.4 is 10.6 Å². The minimum atomic E-state index is -0.559. The van der Waals surface area contributed by atoms with Crippen molar-refractivity contribution in [3.63, 3.8) is 0 Å². The molecule has 2 fully saturated rings. The van der Waals surface area contributed by atoms with E-state index in [9.17, 15) is 14.0 Å². The lowest BCUT2D eigenvalue weighted by Crippen LogP contribution is -2.32. The van der Waals surface area contributed by atoms with Crippen molar-refractivity contribution in [1.29, 1.82) is 0 Å². The number of carbonyl (C=O) groups is 2. The van der Waals surface area contributed by atoms with Gasteiger partial charge in [-0.25, -0.2) is 4.39 Å². The lowest BCUT2D eigenvalue weighted by atomic mass is 10.1. The molecule has 0 spiro atoms. The van der Waals surface area contributed by atoms with E-state index in [2.05, 4.69) is 0 Å². The average molecular weight is 291 g/mol. The summed E-state index contributed by atoms with van der Waals surface area (Å²) in [5.74, 6) is -0.895. The molecular weight excluding hydrogens is 273 g/mol. The zero-order valence-corrected chi connectivity index (χ0v) is 11.7. The Morgan fingerprint density at radius 1 is 1.33 bits per heavy atom. The molecule has 2 heterocycles. The van der Waals surface area contributed by atoms with Gasteiger partial charge in [-0.2, -0.15) is 0 Å². The zero-order valence-electron chi connectivity index (χ0n) is 11.7. The Kier molecular flexibility index (Phi) is 3.63. The molecule has 1 aromatic carbocycles. The highest BCUT2D eigenvalue weighted by Crippen LogP contribution is 2.25. The monoisotopic (exact) mass is 291 g/mol. The first-order chi connectivity index (χ1) is 10.1. The Balaban J connectivity index is 1.87. The number of likely N-dealkylation sites (tertiary alicyclic amines) is 1. The Bertz CT molecular complexity index is 590. The lowest BCUT2D eigenvalue weighted by Gasteiger charge is -2.19. The minimum absolute atomic E-state index is 0.0151. The molecule has 1 aromatic rings. The highest BCUT2D eigenvalue weighted by atomic mass is 19.1. The molecule has 0 saturated carbocycles. The van der Waals surface area contributed by atoms with Crippen molar-refractivity contribution in [2.24, 2.45) is 5.73 Å². The van der Waals surface area contributed by atoms with Crippen molar-refractivity contribution < 1.29 is 14.0 Å². The Morgan fingerprint density at radius 3 is 2.76 bits per heavy atom. The number of hydrogen-bond acceptors (Lipinski definition) is 3. The van der Waals surface area contributed by atoms with Gasteiger partial charge in [0.25, 0.3) is 5.91 Å². The maximum atomic E-state index is 14.0. The van der Waals surface area contributed by atoms with Crippen molar-refractivity contribution >= 4 is 17.5 Å². The third-order valence-corrected chi connectivity index (χ3v) is 4.08. The molecule has 6 heteroatoms. The van der Waals surface area contributed by atoms with Crippen LogP contribution in [0.15, 0.2) is 18.2 Å². The molecule has 0 unspecified atom stereocenters. The summed E-state index contributed by atoms with van der Waals surface area (Å²) < 4.78 is 14.0. The molecule has 0 aromatic heterocycles. The van der Waals surface area contributed by atoms with Crippen molar-refractivity contribution in [1.82, 2.24) is 4.90 Å². The van der Waals surface area contributed by atoms with Gasteiger partial charge >= 0.3 is 0 Å². The summed E-state index contributed by atoms with van der Waals surface area (Å²) in [7, 11) is 0. The number of carbonyl (C=O) groups excluding carboxylic acids is 2. The fourth-order valence-electron chi connectivity index (χ4n) is 2.91. The van der Waals surface area contributed by atoms with E-state index < -0.39 is 5.82 Å². The molecular formula is C15H18FN3O2. The zero-order chi connectivity index (χ0) is 15.0. The van der Waals surface area contributed by atoms with Crippen molar-refractivity contribution in [3.05, 3.63) is 29.6 Å². The van der Waals surface area contributed by atoms with Gasteiger partial charge in [0.15, 0.2) is 0 Å². The number of anilines is 1. The Hall–Kier alpha value is -1.95. The van der Waals surface area contributed by atoms with Gasteiger partial charge in [-0.1, -0.05) is 0 Å². The molecule has 2 saturated heterocycles. The molecule has 21 heavy (non-hydrogen) atoms. The van der Waals surface area contributed by atoms with E-state index in [4.69, 9.17) is 5.73 Å². The molecule has 1 atom stereocenters. The van der Waals surface area contributed by atoms with Gasteiger partial charge in [-0.05, 0) is 31.0 Å². The fourth-order valence-corrected chi connectivity index (χ4v) is 2.91. The second-order valence-corrected chi connectivity index (χ2v) is 5.61. The van der Waals surface area contributed by atoms with Crippen LogP contribution in [-0.2, 0) is 4.79 Å². The van der Waals surface area contributed by atoms with Crippen LogP contribution in [0.5, 0.6) is 0 Å². The predicted molar refractivity (Wildman–Crippen MR) is 76.5 cm³/mol. The maximum absolute atomic E-state index is 14.0. The summed E-state index contributed by atoms with van der Waals surface area (Å²) in [5.41, 5.74) is 6.39. The van der Waals surface area contributed by atoms with Gasteiger partial charge in [0.1, 0.15) is 5.82 Å². The average Bonchev–Trinajstić information content (AvgIpc) is 3.07. The number of hydrogen-bond donors (Lipinski definition) is 1. The minimum Gasteiger partial charge on any atom is -0.337 e. The van der Waals surface area contributed by atoms with Crippen LogP contribution in [0, 0.1) is 5.82 Å². The van der Waals surface area contributed by atoms with Gasteiger partial charge < -0.3 is 15.5 Å². The van der Waals surface area contributed by atoms with Gasteiger partial charge in [-0.15, -0.1) is 0 Å². The van der Waals surface area contributed by atoms with Gasteiger partial charge in [0.05, 0.1) is 5.56 Å². The molecule has 2 aliphatic rings. The largest absolute Gasteiger partial charge is 0.337 e. The molecule has 0 aliphatic carbocycles. The van der Waals surface area contributed by atoms with Gasteiger partial charge in [-0.3, -0.25) is 9.59 Å². The number of nitrogens with two attached hydrogens (primary N) is 1. The van der Waals surface area contributed by atoms with Gasteiger partial charge in [0, 0.05) is 37.8 Å². The SMILES string of the molecule is N[C@H]1CCN(C(=O)c2cc(N3CCCC3=O)ccc2F)C1. The molecule has 112 valence electrons. The quantitative estimate of drug-likeness (QED) is 0.888. The van der Waals surface area contributed by atoms with Crippen molar-refractivity contribution in [2.75, 3.05) is 24.5 Å². The highest BCUT2D eigenvalue weighted by molar-refractivity contribution is 5.99. The van der Waals surface area contributed by atoms with E-state index in [1.165, 1.54) is 12.1 Å². The summed E-state index contributed by atoms with van der Waals surface area (Å²) in [4.78, 5) is 27.3. The van der Waals surface area contributed by atoms with Crippen LogP contribution in [0.25, 0.3) is 0 Å². The molecule has 2 N–H and O–H groups in total. The smallest absolute Gasteiger partial charge is 0.256 e. The summed E-state index contributed by atoms with van der Waals surface area (Å²) in [6.07, 6.45) is 2.03. The molecule has 2 amide bonds. The van der Waals surface area contributed by atoms with Crippen LogP contribution in [0.2, 0.25) is 0 Å². The molecule has 0 bridgehead atoms. The normalized spacial score (nSPS) is 22.2. The summed E-state index contributed by atoms with van der Waals surface area (Å²) >= 11 is 0. The lowest BCUT2D eigenvalue weighted by molar-refractivity contribution is -0.117. The Morgan fingerprint density at radius 2 is 2.14 bits per heavy atom. The number of rotatable bonds is 2. The van der Waals surface area contributed by atoms with Crippen molar-refractivity contribution in [2.45, 2.75) is 25.3 Å². The van der Waals surface area contributed by atoms with Crippen molar-refractivity contribution in [3.8, 4) is 0 Å². The number of halogens is 1. The van der Waals surface area contributed by atoms with E-state index >= 15 is 0 Å². The first-order valence-electron chi connectivity index (χ1n) is 7.21. The second-order valence-electron chi connectivity index (χ2n) is 5.61. The molecule has 5 nitrogen and oxygen atoms in total. The van der Waals surface area contributed by atoms with E-state index in [0.717, 1.165) is 12.8 Å². The second kappa shape index (κ2) is 5.44. The van der Waals surface area contributed by atoms with Crippen LogP contribution in [0.1, 0.15) is 29.6 Å². The summed E-state index contributed by atoms with van der Waals surface area (Å²) in [6.45, 7) is 1.62. The van der Waals surface area contributed by atoms with E-state index in [1.807, 2.05) is 0 Å². The standard InChI is InChI=1S/C15H18FN3O2/c16-13-4-3-11(19-6-1-2-14(19)20)8-12(13)15(21)18-7-5-10(17)9-18/h3-4,8,10H,1-2,5-7,9,17H2/t10-/m0/s1.